The third-order valence-electron chi connectivity index (χ3n) is 7.47. The molecule has 210 valence electrons. The summed E-state index contributed by atoms with van der Waals surface area (Å²) in [6.45, 7) is 5.20. The summed E-state index contributed by atoms with van der Waals surface area (Å²) in [7, 11) is 0. The molecule has 40 heavy (non-hydrogen) atoms. The second kappa shape index (κ2) is 14.0. The molecule has 1 aromatic heterocycles. The van der Waals surface area contributed by atoms with Gasteiger partial charge in [0.05, 0.1) is 30.9 Å². The van der Waals surface area contributed by atoms with Crippen LogP contribution in [0.25, 0.3) is 11.0 Å². The fourth-order valence-electron chi connectivity index (χ4n) is 5.35. The lowest BCUT2D eigenvalue weighted by atomic mass is 10.0. The van der Waals surface area contributed by atoms with Crippen molar-refractivity contribution in [2.45, 2.75) is 38.5 Å². The maximum atomic E-state index is 12.7. The van der Waals surface area contributed by atoms with E-state index >= 15 is 0 Å². The van der Waals surface area contributed by atoms with E-state index in [2.05, 4.69) is 46.3 Å². The number of likely N-dealkylation sites (tertiary alicyclic amines) is 1. The minimum Gasteiger partial charge on any atom is -0.449 e. The normalized spacial score (nSPS) is 14.2. The summed E-state index contributed by atoms with van der Waals surface area (Å²) in [5.41, 5.74) is 4.09. The number of amides is 1. The van der Waals surface area contributed by atoms with Gasteiger partial charge in [-0.3, -0.25) is 9.47 Å². The van der Waals surface area contributed by atoms with Crippen molar-refractivity contribution >= 4 is 17.1 Å². The fraction of sp³-hybridized carbons (Fsp3) is 0.375. The van der Waals surface area contributed by atoms with Gasteiger partial charge in [0.15, 0.2) is 0 Å². The standard InChI is InChI=1S/C32H38N4O4/c37-31-33-29-14-7-8-15-30(29)36(31)28-16-19-35(20-17-28)32(38)40-22-9-18-34(24-26-10-3-1-4-11-26)21-23-39-25-27-12-5-2-6-13-27/h1-8,10-15,28H,9,16-25H2,(H,33,37). The van der Waals surface area contributed by atoms with E-state index in [0.29, 0.717) is 32.9 Å². The Kier molecular flexibility index (Phi) is 9.66. The number of para-hydroxylation sites is 2. The molecule has 4 aromatic rings. The molecule has 5 rings (SSSR count). The topological polar surface area (TPSA) is 79.8 Å². The molecule has 1 aliphatic heterocycles. The Bertz CT molecular complexity index is 1390. The summed E-state index contributed by atoms with van der Waals surface area (Å²) in [6.07, 6.45) is 1.93. The van der Waals surface area contributed by atoms with E-state index in [1.54, 1.807) is 4.90 Å². The molecule has 8 nitrogen and oxygen atoms in total. The summed E-state index contributed by atoms with van der Waals surface area (Å²) < 4.78 is 13.4. The van der Waals surface area contributed by atoms with E-state index in [1.807, 2.05) is 53.1 Å². The zero-order valence-corrected chi connectivity index (χ0v) is 22.9. The van der Waals surface area contributed by atoms with E-state index in [9.17, 15) is 9.59 Å². The summed E-state index contributed by atoms with van der Waals surface area (Å²) in [5.74, 6) is 0. The van der Waals surface area contributed by atoms with Crippen LogP contribution in [-0.2, 0) is 22.6 Å². The van der Waals surface area contributed by atoms with Crippen molar-refractivity contribution < 1.29 is 14.3 Å². The van der Waals surface area contributed by atoms with Crippen molar-refractivity contribution in [1.82, 2.24) is 19.4 Å². The first-order valence-corrected chi connectivity index (χ1v) is 14.2. The number of aromatic amines is 1. The van der Waals surface area contributed by atoms with Crippen LogP contribution >= 0.6 is 0 Å². The molecule has 8 heteroatoms. The van der Waals surface area contributed by atoms with Gasteiger partial charge in [-0.25, -0.2) is 9.59 Å². The Hall–Kier alpha value is -3.88. The Morgan fingerprint density at radius 2 is 1.52 bits per heavy atom. The highest BCUT2D eigenvalue weighted by atomic mass is 16.6. The number of imidazole rings is 1. The molecule has 1 aliphatic rings. The van der Waals surface area contributed by atoms with Crippen LogP contribution in [-0.4, -0.2) is 64.8 Å². The zero-order valence-electron chi connectivity index (χ0n) is 22.9. The number of fused-ring (bicyclic) bond motifs is 1. The molecule has 1 fully saturated rings. The van der Waals surface area contributed by atoms with Crippen molar-refractivity contribution in [2.24, 2.45) is 0 Å². The molecule has 0 radical (unpaired) electrons. The smallest absolute Gasteiger partial charge is 0.409 e. The molecule has 0 unspecified atom stereocenters. The molecule has 3 aromatic carbocycles. The van der Waals surface area contributed by atoms with E-state index < -0.39 is 0 Å². The van der Waals surface area contributed by atoms with E-state index in [4.69, 9.17) is 9.47 Å². The molecule has 2 heterocycles. The third-order valence-corrected chi connectivity index (χ3v) is 7.47. The monoisotopic (exact) mass is 542 g/mol. The van der Waals surface area contributed by atoms with Crippen LogP contribution in [0.2, 0.25) is 0 Å². The number of carbonyl (C=O) groups is 1. The van der Waals surface area contributed by atoms with Gasteiger partial charge in [-0.1, -0.05) is 72.8 Å². The SMILES string of the molecule is O=C(OCCCN(CCOCc1ccccc1)Cc1ccccc1)N1CCC(n2c(=O)[nH]c3ccccc32)CC1. The maximum Gasteiger partial charge on any atom is 0.409 e. The van der Waals surface area contributed by atoms with E-state index in [1.165, 1.54) is 11.1 Å². The average Bonchev–Trinajstić information content (AvgIpc) is 3.34. The first-order valence-electron chi connectivity index (χ1n) is 14.2. The van der Waals surface area contributed by atoms with Gasteiger partial charge >= 0.3 is 11.8 Å². The number of rotatable bonds is 12. The van der Waals surface area contributed by atoms with Crippen LogP contribution < -0.4 is 5.69 Å². The number of nitrogens with zero attached hydrogens (tertiary/aromatic N) is 3. The van der Waals surface area contributed by atoms with Crippen molar-refractivity contribution in [3.05, 3.63) is 107 Å². The highest BCUT2D eigenvalue weighted by Crippen LogP contribution is 2.25. The average molecular weight is 543 g/mol. The molecule has 0 bridgehead atoms. The van der Waals surface area contributed by atoms with Gasteiger partial charge in [0, 0.05) is 38.8 Å². The molecular weight excluding hydrogens is 504 g/mol. The van der Waals surface area contributed by atoms with Crippen LogP contribution in [0.4, 0.5) is 4.79 Å². The van der Waals surface area contributed by atoms with Gasteiger partial charge in [0.25, 0.3) is 0 Å². The Labute approximate surface area is 235 Å². The van der Waals surface area contributed by atoms with Crippen molar-refractivity contribution in [3.63, 3.8) is 0 Å². The van der Waals surface area contributed by atoms with Gasteiger partial charge in [-0.15, -0.1) is 0 Å². The van der Waals surface area contributed by atoms with Gasteiger partial charge in [0.2, 0.25) is 0 Å². The number of hydrogen-bond acceptors (Lipinski definition) is 5. The number of benzene rings is 3. The summed E-state index contributed by atoms with van der Waals surface area (Å²) in [4.78, 5) is 32.3. The van der Waals surface area contributed by atoms with Crippen molar-refractivity contribution in [2.75, 3.05) is 39.4 Å². The minimum atomic E-state index is -0.273. The van der Waals surface area contributed by atoms with Gasteiger partial charge < -0.3 is 19.4 Å². The lowest BCUT2D eigenvalue weighted by Crippen LogP contribution is -2.41. The van der Waals surface area contributed by atoms with Crippen LogP contribution in [0.5, 0.6) is 0 Å². The Morgan fingerprint density at radius 1 is 0.850 bits per heavy atom. The Balaban J connectivity index is 1.05. The van der Waals surface area contributed by atoms with Crippen LogP contribution in [0.15, 0.2) is 89.7 Å². The number of aromatic nitrogens is 2. The highest BCUT2D eigenvalue weighted by molar-refractivity contribution is 5.75. The zero-order chi connectivity index (χ0) is 27.6. The molecule has 1 saturated heterocycles. The quantitative estimate of drug-likeness (QED) is 0.249. The highest BCUT2D eigenvalue weighted by Gasteiger charge is 2.26. The summed E-state index contributed by atoms with van der Waals surface area (Å²) in [5, 5.41) is 0. The van der Waals surface area contributed by atoms with Crippen molar-refractivity contribution in [1.29, 1.82) is 0 Å². The van der Waals surface area contributed by atoms with E-state index in [-0.39, 0.29) is 17.8 Å². The second-order valence-corrected chi connectivity index (χ2v) is 10.3. The van der Waals surface area contributed by atoms with Gasteiger partial charge in [-0.05, 0) is 42.5 Å². The number of hydrogen-bond donors (Lipinski definition) is 1. The number of piperidine rings is 1. The van der Waals surface area contributed by atoms with Crippen molar-refractivity contribution in [3.8, 4) is 0 Å². The number of ether oxygens (including phenoxy) is 2. The predicted octanol–water partition coefficient (Wildman–Crippen LogP) is 5.21. The number of nitrogens with one attached hydrogen (secondary N) is 1. The fourth-order valence-corrected chi connectivity index (χ4v) is 5.35. The minimum absolute atomic E-state index is 0.0726. The molecular formula is C32H38N4O4. The van der Waals surface area contributed by atoms with Crippen LogP contribution in [0.1, 0.15) is 36.4 Å². The maximum absolute atomic E-state index is 12.7. The largest absolute Gasteiger partial charge is 0.449 e. The predicted molar refractivity (Wildman–Crippen MR) is 156 cm³/mol. The van der Waals surface area contributed by atoms with E-state index in [0.717, 1.165) is 49.9 Å². The summed E-state index contributed by atoms with van der Waals surface area (Å²) in [6, 6.07) is 28.4. The molecule has 1 N–H and O–H groups in total. The second-order valence-electron chi connectivity index (χ2n) is 10.3. The van der Waals surface area contributed by atoms with Gasteiger partial charge in [-0.2, -0.15) is 0 Å². The lowest BCUT2D eigenvalue weighted by Gasteiger charge is -2.32. The Morgan fingerprint density at radius 3 is 2.27 bits per heavy atom. The molecule has 0 saturated carbocycles. The van der Waals surface area contributed by atoms with Gasteiger partial charge in [0.1, 0.15) is 0 Å². The van der Waals surface area contributed by atoms with Crippen LogP contribution in [0, 0.1) is 0 Å². The molecule has 0 spiro atoms. The first-order chi connectivity index (χ1) is 19.7. The molecule has 0 aliphatic carbocycles. The van der Waals surface area contributed by atoms with Crippen LogP contribution in [0.3, 0.4) is 0 Å². The number of carbonyl (C=O) groups excluding carboxylic acids is 1. The summed E-state index contributed by atoms with van der Waals surface area (Å²) >= 11 is 0. The number of H-pyrrole nitrogens is 1. The third kappa shape index (κ3) is 7.40. The first kappa shape index (κ1) is 27.7. The molecule has 1 amide bonds. The molecule has 0 atom stereocenters. The lowest BCUT2D eigenvalue weighted by molar-refractivity contribution is 0.0748.